The van der Waals surface area contributed by atoms with Crippen LogP contribution in [0.3, 0.4) is 0 Å². The summed E-state index contributed by atoms with van der Waals surface area (Å²) in [6.07, 6.45) is 0.493. The Labute approximate surface area is 271 Å². The number of hydrogen-bond donors (Lipinski definition) is 4. The number of amides is 5. The number of esters is 1. The number of carbonyl (C=O) groups is 6. The molecule has 4 N–H and O–H groups in total. The number of nitrogens with zero attached hydrogens (tertiary/aromatic N) is 1. The van der Waals surface area contributed by atoms with Crippen molar-refractivity contribution in [2.24, 2.45) is 5.92 Å². The van der Waals surface area contributed by atoms with Gasteiger partial charge in [0.25, 0.3) is 0 Å². The van der Waals surface area contributed by atoms with E-state index in [1.165, 1.54) is 39.7 Å². The molecule has 2 rings (SSSR count). The number of nitrogens with one attached hydrogen (secondary N) is 4. The van der Waals surface area contributed by atoms with Gasteiger partial charge in [-0.2, -0.15) is 0 Å². The van der Waals surface area contributed by atoms with Crippen LogP contribution in [0.2, 0.25) is 0 Å². The molecule has 0 aromatic heterocycles. The highest BCUT2D eigenvalue weighted by atomic mass is 16.6. The van der Waals surface area contributed by atoms with Crippen LogP contribution in [0.25, 0.3) is 0 Å². The van der Waals surface area contributed by atoms with Crippen LogP contribution in [0.1, 0.15) is 80.7 Å². The summed E-state index contributed by atoms with van der Waals surface area (Å²) in [5.74, 6) is -3.32. The standard InChI is InChI=1S/C33H51N5O8/c1-20(2)24(27(41)45-10)35-29(43)33(8,9)36-25(39)22(19-21-15-12-11-13-16-21)34-28(42)32(6,7)37-26(40)23-17-14-18-38(23)30(44)46-31(3,4)5/h11-13,15-16,20,22-24H,14,17-19H2,1-10H3,(H,34,42)(H,35,43)(H,36,39)(H,37,40)/t22-,23+,24-/m0/s1. The lowest BCUT2D eigenvalue weighted by atomic mass is 9.97. The van der Waals surface area contributed by atoms with E-state index >= 15 is 0 Å². The van der Waals surface area contributed by atoms with Gasteiger partial charge in [-0.25, -0.2) is 9.59 Å². The quantitative estimate of drug-likeness (QED) is 0.251. The van der Waals surface area contributed by atoms with E-state index in [2.05, 4.69) is 21.3 Å². The fraction of sp³-hybridized carbons (Fsp3) is 0.636. The van der Waals surface area contributed by atoms with Crippen LogP contribution in [0.5, 0.6) is 0 Å². The van der Waals surface area contributed by atoms with E-state index in [-0.39, 0.29) is 12.3 Å². The minimum Gasteiger partial charge on any atom is -0.467 e. The number of benzene rings is 1. The molecule has 1 fully saturated rings. The SMILES string of the molecule is COC(=O)[C@@H](NC(=O)C(C)(C)NC(=O)[C@H](Cc1ccccc1)NC(=O)C(C)(C)NC(=O)[C@H]1CCCN1C(=O)OC(C)(C)C)C(C)C. The van der Waals surface area contributed by atoms with Crippen LogP contribution in [0.15, 0.2) is 30.3 Å². The molecule has 0 aliphatic carbocycles. The zero-order valence-corrected chi connectivity index (χ0v) is 28.7. The average molecular weight is 646 g/mol. The molecule has 13 heteroatoms. The number of ether oxygens (including phenoxy) is 2. The van der Waals surface area contributed by atoms with Crippen molar-refractivity contribution in [3.8, 4) is 0 Å². The van der Waals surface area contributed by atoms with Crippen LogP contribution in [-0.4, -0.2) is 89.1 Å². The van der Waals surface area contributed by atoms with Crippen LogP contribution in [0, 0.1) is 5.92 Å². The van der Waals surface area contributed by atoms with Crippen molar-refractivity contribution in [3.05, 3.63) is 35.9 Å². The van der Waals surface area contributed by atoms with Crippen molar-refractivity contribution in [1.29, 1.82) is 0 Å². The van der Waals surface area contributed by atoms with Gasteiger partial charge >= 0.3 is 12.1 Å². The molecule has 256 valence electrons. The van der Waals surface area contributed by atoms with Gasteiger partial charge in [0.15, 0.2) is 0 Å². The number of rotatable bonds is 12. The van der Waals surface area contributed by atoms with Gasteiger partial charge in [-0.3, -0.25) is 24.1 Å². The Bertz CT molecular complexity index is 1270. The third-order valence-electron chi connectivity index (χ3n) is 7.50. The monoisotopic (exact) mass is 645 g/mol. The van der Waals surface area contributed by atoms with Crippen molar-refractivity contribution in [1.82, 2.24) is 26.2 Å². The largest absolute Gasteiger partial charge is 0.467 e. The molecule has 0 saturated carbocycles. The van der Waals surface area contributed by atoms with Gasteiger partial charge in [-0.15, -0.1) is 0 Å². The molecule has 0 radical (unpaired) electrons. The molecule has 5 amide bonds. The first-order valence-electron chi connectivity index (χ1n) is 15.6. The highest BCUT2D eigenvalue weighted by Gasteiger charge is 2.41. The second-order valence-corrected chi connectivity index (χ2v) is 14.0. The second-order valence-electron chi connectivity index (χ2n) is 14.0. The summed E-state index contributed by atoms with van der Waals surface area (Å²) in [7, 11) is 1.22. The summed E-state index contributed by atoms with van der Waals surface area (Å²) in [4.78, 5) is 80.1. The third kappa shape index (κ3) is 10.7. The smallest absolute Gasteiger partial charge is 0.410 e. The molecule has 0 spiro atoms. The molecule has 0 bridgehead atoms. The minimum atomic E-state index is -1.48. The Kier molecular flexibility index (Phi) is 12.7. The molecule has 1 saturated heterocycles. The predicted octanol–water partition coefficient (Wildman–Crippen LogP) is 2.22. The van der Waals surface area contributed by atoms with Crippen LogP contribution in [-0.2, 0) is 39.9 Å². The summed E-state index contributed by atoms with van der Waals surface area (Å²) in [6.45, 7) is 15.0. The molecule has 3 atom stereocenters. The molecule has 0 unspecified atom stereocenters. The summed E-state index contributed by atoms with van der Waals surface area (Å²) in [5, 5.41) is 10.8. The fourth-order valence-electron chi connectivity index (χ4n) is 4.82. The molecule has 1 aliphatic heterocycles. The lowest BCUT2D eigenvalue weighted by molar-refractivity contribution is -0.147. The van der Waals surface area contributed by atoms with Gasteiger partial charge in [-0.1, -0.05) is 44.2 Å². The van der Waals surface area contributed by atoms with Crippen LogP contribution < -0.4 is 21.3 Å². The molecular weight excluding hydrogens is 594 g/mol. The van der Waals surface area contributed by atoms with E-state index in [1.54, 1.807) is 58.9 Å². The van der Waals surface area contributed by atoms with E-state index in [1.807, 2.05) is 6.07 Å². The fourth-order valence-corrected chi connectivity index (χ4v) is 4.82. The van der Waals surface area contributed by atoms with Gasteiger partial charge < -0.3 is 30.7 Å². The van der Waals surface area contributed by atoms with Gasteiger partial charge in [-0.05, 0) is 72.8 Å². The molecule has 1 aliphatic rings. The summed E-state index contributed by atoms with van der Waals surface area (Å²) in [5.41, 5.74) is -2.95. The highest BCUT2D eigenvalue weighted by Crippen LogP contribution is 2.22. The molecule has 1 aromatic rings. The lowest BCUT2D eigenvalue weighted by Crippen LogP contribution is -2.64. The first-order chi connectivity index (χ1) is 21.2. The van der Waals surface area contributed by atoms with Gasteiger partial charge in [0.1, 0.15) is 34.8 Å². The molecule has 1 aromatic carbocycles. The Hall–Kier alpha value is -4.16. The van der Waals surface area contributed by atoms with Crippen molar-refractivity contribution in [2.75, 3.05) is 13.7 Å². The van der Waals surface area contributed by atoms with Crippen molar-refractivity contribution >= 4 is 35.7 Å². The summed E-state index contributed by atoms with van der Waals surface area (Å²) in [6, 6.07) is 6.13. The number of hydrogen-bond acceptors (Lipinski definition) is 8. The van der Waals surface area contributed by atoms with Gasteiger partial charge in [0, 0.05) is 13.0 Å². The summed E-state index contributed by atoms with van der Waals surface area (Å²) >= 11 is 0. The van der Waals surface area contributed by atoms with E-state index in [0.717, 1.165) is 5.56 Å². The lowest BCUT2D eigenvalue weighted by Gasteiger charge is -2.33. The van der Waals surface area contributed by atoms with Crippen molar-refractivity contribution in [2.45, 2.75) is 116 Å². The third-order valence-corrected chi connectivity index (χ3v) is 7.50. The zero-order chi connectivity index (χ0) is 35.0. The molecule has 13 nitrogen and oxygen atoms in total. The molecule has 46 heavy (non-hydrogen) atoms. The Morgan fingerprint density at radius 3 is 1.98 bits per heavy atom. The normalized spacial score (nSPS) is 16.6. The van der Waals surface area contributed by atoms with E-state index in [4.69, 9.17) is 9.47 Å². The summed E-state index contributed by atoms with van der Waals surface area (Å²) < 4.78 is 10.3. The molecular formula is C33H51N5O8. The maximum atomic E-state index is 13.7. The molecule has 1 heterocycles. The maximum Gasteiger partial charge on any atom is 0.410 e. The number of carbonyl (C=O) groups excluding carboxylic acids is 6. The Balaban J connectivity index is 2.22. The van der Waals surface area contributed by atoms with E-state index in [9.17, 15) is 28.8 Å². The minimum absolute atomic E-state index is 0.0893. The number of likely N-dealkylation sites (tertiary alicyclic amines) is 1. The van der Waals surface area contributed by atoms with Gasteiger partial charge in [0.05, 0.1) is 7.11 Å². The Morgan fingerprint density at radius 2 is 1.43 bits per heavy atom. The topological polar surface area (TPSA) is 172 Å². The van der Waals surface area contributed by atoms with Crippen molar-refractivity contribution in [3.63, 3.8) is 0 Å². The predicted molar refractivity (Wildman–Crippen MR) is 171 cm³/mol. The second kappa shape index (κ2) is 15.4. The highest BCUT2D eigenvalue weighted by molar-refractivity contribution is 5.98. The number of methoxy groups -OCH3 is 1. The Morgan fingerprint density at radius 1 is 0.870 bits per heavy atom. The first-order valence-corrected chi connectivity index (χ1v) is 15.6. The van der Waals surface area contributed by atoms with Crippen molar-refractivity contribution < 1.29 is 38.2 Å². The van der Waals surface area contributed by atoms with Crippen LogP contribution in [0.4, 0.5) is 4.79 Å². The maximum absolute atomic E-state index is 13.7. The first kappa shape index (κ1) is 38.0. The van der Waals surface area contributed by atoms with Crippen LogP contribution >= 0.6 is 0 Å². The zero-order valence-electron chi connectivity index (χ0n) is 28.7. The van der Waals surface area contributed by atoms with Gasteiger partial charge in [0.2, 0.25) is 23.6 Å². The van der Waals surface area contributed by atoms with E-state index in [0.29, 0.717) is 19.4 Å². The average Bonchev–Trinajstić information content (AvgIpc) is 3.44. The van der Waals surface area contributed by atoms with E-state index < -0.39 is 70.5 Å².